The summed E-state index contributed by atoms with van der Waals surface area (Å²) in [6.07, 6.45) is -1.02. The Morgan fingerprint density at radius 1 is 1.12 bits per heavy atom. The number of nitrogens with zero attached hydrogens (tertiary/aromatic N) is 1. The van der Waals surface area contributed by atoms with Crippen LogP contribution in [0.25, 0.3) is 6.08 Å². The molecule has 2 aromatic rings. The lowest BCUT2D eigenvalue weighted by Gasteiger charge is -2.31. The average Bonchev–Trinajstić information content (AvgIpc) is 2.83. The quantitative estimate of drug-likeness (QED) is 0.536. The molecular formula is C25H29F3N2O3S. The van der Waals surface area contributed by atoms with Crippen LogP contribution >= 0.6 is 0 Å². The zero-order valence-electron chi connectivity index (χ0n) is 19.0. The fourth-order valence-corrected chi connectivity index (χ4v) is 5.24. The Morgan fingerprint density at radius 3 is 2.41 bits per heavy atom. The molecule has 184 valence electrons. The van der Waals surface area contributed by atoms with Gasteiger partial charge < -0.3 is 5.32 Å². The molecule has 1 N–H and O–H groups in total. The predicted molar refractivity (Wildman–Crippen MR) is 126 cm³/mol. The second-order valence-electron chi connectivity index (χ2n) is 8.40. The van der Waals surface area contributed by atoms with Crippen molar-refractivity contribution < 1.29 is 26.4 Å². The van der Waals surface area contributed by atoms with E-state index >= 15 is 0 Å². The minimum absolute atomic E-state index is 0.210. The van der Waals surface area contributed by atoms with E-state index in [1.807, 2.05) is 25.1 Å². The van der Waals surface area contributed by atoms with Crippen molar-refractivity contribution in [2.45, 2.75) is 44.8 Å². The first-order chi connectivity index (χ1) is 16.1. The van der Waals surface area contributed by atoms with Gasteiger partial charge in [0.1, 0.15) is 0 Å². The Bertz CT molecular complexity index is 1090. The molecule has 9 heteroatoms. The lowest BCUT2D eigenvalue weighted by atomic mass is 9.95. The van der Waals surface area contributed by atoms with Crippen molar-refractivity contribution in [2.24, 2.45) is 5.92 Å². The number of hydrogen-bond donors (Lipinski definition) is 1. The van der Waals surface area contributed by atoms with Crippen LogP contribution in [0.5, 0.6) is 0 Å². The summed E-state index contributed by atoms with van der Waals surface area (Å²) in [6, 6.07) is 13.6. The summed E-state index contributed by atoms with van der Waals surface area (Å²) in [5.41, 5.74) is 0.440. The number of halogens is 3. The van der Waals surface area contributed by atoms with Crippen molar-refractivity contribution >= 4 is 22.0 Å². The molecule has 34 heavy (non-hydrogen) atoms. The van der Waals surface area contributed by atoms with Gasteiger partial charge in [-0.05, 0) is 48.6 Å². The number of sulfonamides is 1. The first kappa shape index (κ1) is 26.0. The summed E-state index contributed by atoms with van der Waals surface area (Å²) in [5.74, 6) is -0.651. The van der Waals surface area contributed by atoms with Crippen molar-refractivity contribution in [3.05, 3.63) is 76.7 Å². The molecule has 1 aliphatic rings. The first-order valence-corrected chi connectivity index (χ1v) is 12.8. The number of carbonyl (C=O) groups is 1. The van der Waals surface area contributed by atoms with Crippen LogP contribution in [-0.4, -0.2) is 31.7 Å². The molecule has 0 aromatic heterocycles. The molecule has 1 saturated heterocycles. The Balaban J connectivity index is 1.61. The zero-order valence-corrected chi connectivity index (χ0v) is 19.8. The van der Waals surface area contributed by atoms with Gasteiger partial charge in [-0.15, -0.1) is 0 Å². The molecule has 1 aliphatic heterocycles. The highest BCUT2D eigenvalue weighted by molar-refractivity contribution is 7.92. The van der Waals surface area contributed by atoms with Crippen LogP contribution < -0.4 is 5.32 Å². The smallest absolute Gasteiger partial charge is 0.349 e. The van der Waals surface area contributed by atoms with Crippen molar-refractivity contribution in [1.82, 2.24) is 9.62 Å². The third-order valence-electron chi connectivity index (χ3n) is 5.93. The highest BCUT2D eigenvalue weighted by Gasteiger charge is 2.33. The molecule has 0 saturated carbocycles. The number of nitrogens with one attached hydrogen (secondary N) is 1. The molecule has 0 unspecified atom stereocenters. The highest BCUT2D eigenvalue weighted by Crippen LogP contribution is 2.32. The summed E-state index contributed by atoms with van der Waals surface area (Å²) >= 11 is 0. The van der Waals surface area contributed by atoms with Gasteiger partial charge in [0.2, 0.25) is 15.9 Å². The molecule has 0 bridgehead atoms. The van der Waals surface area contributed by atoms with Gasteiger partial charge in [-0.1, -0.05) is 55.8 Å². The van der Waals surface area contributed by atoms with Gasteiger partial charge in [0.05, 0.1) is 11.6 Å². The van der Waals surface area contributed by atoms with Gasteiger partial charge in [-0.2, -0.15) is 17.5 Å². The van der Waals surface area contributed by atoms with Crippen LogP contribution in [0.2, 0.25) is 0 Å². The number of piperidine rings is 1. The zero-order chi connectivity index (χ0) is 24.8. The van der Waals surface area contributed by atoms with E-state index in [9.17, 15) is 26.4 Å². The maximum absolute atomic E-state index is 13.1. The van der Waals surface area contributed by atoms with Gasteiger partial charge >= 0.3 is 6.18 Å². The maximum atomic E-state index is 13.1. The van der Waals surface area contributed by atoms with E-state index < -0.39 is 33.7 Å². The molecule has 1 atom stereocenters. The van der Waals surface area contributed by atoms with Crippen LogP contribution in [0.4, 0.5) is 13.2 Å². The Labute approximate surface area is 198 Å². The van der Waals surface area contributed by atoms with Crippen molar-refractivity contribution in [1.29, 1.82) is 0 Å². The standard InChI is InChI=1S/C25H29F3N2O3S/c1-2-7-23(21-10-6-11-22(18-21)25(26,27)28)29-24(31)20-12-15-30(16-13-20)34(32,33)17-14-19-8-4-3-5-9-19/h3-6,8-11,14,17-18,20,23H,2,7,12-13,15-16H2,1H3,(H,29,31)/b17-14-/t23-/m0/s1. The summed E-state index contributed by atoms with van der Waals surface area (Å²) < 4.78 is 66.0. The van der Waals surface area contributed by atoms with E-state index in [1.165, 1.54) is 15.8 Å². The minimum atomic E-state index is -4.45. The molecule has 5 nitrogen and oxygen atoms in total. The number of alkyl halides is 3. The molecule has 1 amide bonds. The molecule has 0 aliphatic carbocycles. The number of hydrogen-bond acceptors (Lipinski definition) is 3. The second-order valence-corrected chi connectivity index (χ2v) is 10.2. The number of carbonyl (C=O) groups excluding carboxylic acids is 1. The lowest BCUT2D eigenvalue weighted by Crippen LogP contribution is -2.43. The molecular weight excluding hydrogens is 465 g/mol. The van der Waals surface area contributed by atoms with Gasteiger partial charge in [0, 0.05) is 24.4 Å². The predicted octanol–water partition coefficient (Wildman–Crippen LogP) is 5.38. The van der Waals surface area contributed by atoms with E-state index in [4.69, 9.17) is 0 Å². The van der Waals surface area contributed by atoms with Crippen LogP contribution in [-0.2, 0) is 21.0 Å². The highest BCUT2D eigenvalue weighted by atomic mass is 32.2. The van der Waals surface area contributed by atoms with Crippen LogP contribution in [0, 0.1) is 5.92 Å². The number of rotatable bonds is 8. The van der Waals surface area contributed by atoms with Crippen LogP contribution in [0.3, 0.4) is 0 Å². The molecule has 0 radical (unpaired) electrons. The topological polar surface area (TPSA) is 66.5 Å². The van der Waals surface area contributed by atoms with E-state index in [0.29, 0.717) is 31.2 Å². The Morgan fingerprint density at radius 2 is 1.79 bits per heavy atom. The van der Waals surface area contributed by atoms with E-state index in [2.05, 4.69) is 5.32 Å². The number of benzene rings is 2. The van der Waals surface area contributed by atoms with E-state index in [0.717, 1.165) is 17.7 Å². The molecule has 2 aromatic carbocycles. The van der Waals surface area contributed by atoms with Crippen molar-refractivity contribution in [3.8, 4) is 0 Å². The van der Waals surface area contributed by atoms with E-state index in [1.54, 1.807) is 24.3 Å². The van der Waals surface area contributed by atoms with Gasteiger partial charge in [0.15, 0.2) is 0 Å². The van der Waals surface area contributed by atoms with Crippen molar-refractivity contribution in [2.75, 3.05) is 13.1 Å². The fraction of sp³-hybridized carbons (Fsp3) is 0.400. The minimum Gasteiger partial charge on any atom is -0.349 e. The third kappa shape index (κ3) is 6.93. The number of amides is 1. The van der Waals surface area contributed by atoms with Gasteiger partial charge in [-0.3, -0.25) is 4.79 Å². The van der Waals surface area contributed by atoms with Crippen LogP contribution in [0.1, 0.15) is 55.3 Å². The molecule has 1 heterocycles. The largest absolute Gasteiger partial charge is 0.416 e. The normalized spacial score (nSPS) is 17.1. The first-order valence-electron chi connectivity index (χ1n) is 11.3. The fourth-order valence-electron chi connectivity index (χ4n) is 4.02. The average molecular weight is 495 g/mol. The Hall–Kier alpha value is -2.65. The lowest BCUT2D eigenvalue weighted by molar-refractivity contribution is -0.137. The Kier molecular flexibility index (Phi) is 8.54. The van der Waals surface area contributed by atoms with Crippen LogP contribution in [0.15, 0.2) is 60.0 Å². The monoisotopic (exact) mass is 494 g/mol. The van der Waals surface area contributed by atoms with Gasteiger partial charge in [-0.25, -0.2) is 8.42 Å². The van der Waals surface area contributed by atoms with Gasteiger partial charge in [0.25, 0.3) is 0 Å². The second kappa shape index (κ2) is 11.2. The third-order valence-corrected chi connectivity index (χ3v) is 7.49. The molecule has 0 spiro atoms. The maximum Gasteiger partial charge on any atom is 0.416 e. The summed E-state index contributed by atoms with van der Waals surface area (Å²) in [7, 11) is -3.61. The SMILES string of the molecule is CCC[C@H](NC(=O)C1CCN(S(=O)(=O)/C=C\c2ccccc2)CC1)c1cccc(C(F)(F)F)c1. The van der Waals surface area contributed by atoms with Crippen molar-refractivity contribution in [3.63, 3.8) is 0 Å². The van der Waals surface area contributed by atoms with E-state index in [-0.39, 0.29) is 19.0 Å². The molecule has 1 fully saturated rings. The summed E-state index contributed by atoms with van der Waals surface area (Å²) in [4.78, 5) is 12.9. The summed E-state index contributed by atoms with van der Waals surface area (Å²) in [6.45, 7) is 2.32. The summed E-state index contributed by atoms with van der Waals surface area (Å²) in [5, 5.41) is 4.07. The molecule has 3 rings (SSSR count).